The Morgan fingerprint density at radius 3 is 2.46 bits per heavy atom. The van der Waals surface area contributed by atoms with Gasteiger partial charge in [-0.15, -0.1) is 0 Å². The zero-order chi connectivity index (χ0) is 7.68. The van der Waals surface area contributed by atoms with Gasteiger partial charge in [-0.3, -0.25) is 4.98 Å². The van der Waals surface area contributed by atoms with E-state index in [1.165, 1.54) is 0 Å². The number of benzene rings is 1. The fraction of sp³-hybridized carbons (Fsp3) is 0. The number of pyridine rings is 1. The summed E-state index contributed by atoms with van der Waals surface area (Å²) in [5, 5.41) is 10.3. The number of phenols is 1. The maximum Gasteiger partial charge on any atom is 0.141 e. The average molecular weight is 299 g/mol. The van der Waals surface area contributed by atoms with E-state index in [2.05, 4.69) is 4.98 Å². The van der Waals surface area contributed by atoms with Gasteiger partial charge in [0.25, 0.3) is 0 Å². The van der Waals surface area contributed by atoms with Gasteiger partial charge in [0, 0.05) is 47.2 Å². The van der Waals surface area contributed by atoms with Gasteiger partial charge in [0.2, 0.25) is 0 Å². The molecule has 0 aliphatic heterocycles. The van der Waals surface area contributed by atoms with Crippen molar-refractivity contribution in [1.29, 1.82) is 0 Å². The fourth-order valence-electron chi connectivity index (χ4n) is 1.09. The molecule has 0 saturated carbocycles. The molecule has 0 saturated heterocycles. The Bertz CT molecular complexity index is 384. The molecule has 0 bridgehead atoms. The molecule has 65 valence electrons. The third kappa shape index (κ3) is 2.53. The molecule has 1 aromatic heterocycles. The first-order chi connectivity index (χ1) is 5.38. The van der Waals surface area contributed by atoms with Crippen LogP contribution in [0.1, 0.15) is 0 Å². The summed E-state index contributed by atoms with van der Waals surface area (Å²) in [4.78, 5) is 4.03. The largest absolute Gasteiger partial charge is 0.506 e. The van der Waals surface area contributed by atoms with Crippen molar-refractivity contribution in [2.45, 2.75) is 0 Å². The summed E-state index contributed by atoms with van der Waals surface area (Å²) in [7, 11) is 0. The van der Waals surface area contributed by atoms with Crippen LogP contribution in [0.3, 0.4) is 0 Å². The Labute approximate surface area is 106 Å². The third-order valence-electron chi connectivity index (χ3n) is 1.61. The Morgan fingerprint density at radius 2 is 1.77 bits per heavy atom. The van der Waals surface area contributed by atoms with Crippen molar-refractivity contribution in [3.63, 3.8) is 0 Å². The SMILES string of the molecule is Oc1cccc2cccnc12.[CH3-].[La]. The minimum absolute atomic E-state index is 0. The molecule has 0 spiro atoms. The molecule has 1 N–H and O–H groups in total. The summed E-state index contributed by atoms with van der Waals surface area (Å²) in [5.41, 5.74) is 0.662. The maximum absolute atomic E-state index is 9.31. The van der Waals surface area contributed by atoms with Crippen LogP contribution in [0.25, 0.3) is 10.9 Å². The number of hydrogen-bond donors (Lipinski definition) is 1. The first-order valence-corrected chi connectivity index (χ1v) is 3.40. The van der Waals surface area contributed by atoms with Crippen molar-refractivity contribution >= 4 is 10.9 Å². The van der Waals surface area contributed by atoms with Crippen LogP contribution < -0.4 is 0 Å². The second kappa shape index (κ2) is 5.38. The molecule has 0 unspecified atom stereocenters. The van der Waals surface area contributed by atoms with Gasteiger partial charge in [0.1, 0.15) is 11.3 Å². The van der Waals surface area contributed by atoms with E-state index in [9.17, 15) is 5.11 Å². The van der Waals surface area contributed by atoms with Crippen molar-refractivity contribution in [3.8, 4) is 5.75 Å². The number of fused-ring (bicyclic) bond motifs is 1. The topological polar surface area (TPSA) is 33.1 Å². The van der Waals surface area contributed by atoms with Gasteiger partial charge >= 0.3 is 0 Å². The van der Waals surface area contributed by atoms with E-state index in [1.807, 2.05) is 18.2 Å². The minimum Gasteiger partial charge on any atom is -0.506 e. The molecule has 3 heteroatoms. The third-order valence-corrected chi connectivity index (χ3v) is 1.61. The van der Waals surface area contributed by atoms with Crippen LogP contribution in [0, 0.1) is 43.0 Å². The molecule has 13 heavy (non-hydrogen) atoms. The molecular formula is C10H10LaNO-. The summed E-state index contributed by atoms with van der Waals surface area (Å²) < 4.78 is 0. The molecule has 0 aliphatic rings. The number of para-hydroxylation sites is 1. The molecule has 0 aliphatic carbocycles. The van der Waals surface area contributed by atoms with Crippen molar-refractivity contribution in [3.05, 3.63) is 44.0 Å². The predicted molar refractivity (Wildman–Crippen MR) is 49.8 cm³/mol. The average Bonchev–Trinajstić information content (AvgIpc) is 2.06. The monoisotopic (exact) mass is 299 g/mol. The molecule has 2 nitrogen and oxygen atoms in total. The Kier molecular flexibility index (Phi) is 5.22. The Morgan fingerprint density at radius 1 is 1.08 bits per heavy atom. The van der Waals surface area contributed by atoms with Crippen LogP contribution in [-0.2, 0) is 0 Å². The Balaban J connectivity index is 0.000000720. The minimum atomic E-state index is 0. The van der Waals surface area contributed by atoms with E-state index in [0.717, 1.165) is 5.39 Å². The molecule has 0 fully saturated rings. The van der Waals surface area contributed by atoms with Crippen LogP contribution in [0.5, 0.6) is 5.75 Å². The normalized spacial score (nSPS) is 8.62. The van der Waals surface area contributed by atoms with E-state index in [4.69, 9.17) is 0 Å². The van der Waals surface area contributed by atoms with E-state index >= 15 is 0 Å². The quantitative estimate of drug-likeness (QED) is 0.758. The van der Waals surface area contributed by atoms with Crippen LogP contribution >= 0.6 is 0 Å². The first kappa shape index (κ1) is 12.6. The smallest absolute Gasteiger partial charge is 0.141 e. The summed E-state index contributed by atoms with van der Waals surface area (Å²) in [5.74, 6) is 0.239. The van der Waals surface area contributed by atoms with E-state index in [1.54, 1.807) is 18.3 Å². The second-order valence-corrected chi connectivity index (χ2v) is 2.35. The molecule has 1 radical (unpaired) electrons. The van der Waals surface area contributed by atoms with Crippen LogP contribution in [0.4, 0.5) is 0 Å². The molecule has 2 rings (SSSR count). The van der Waals surface area contributed by atoms with Crippen molar-refractivity contribution in [1.82, 2.24) is 4.98 Å². The molecule has 1 heterocycles. The number of hydrogen-bond acceptors (Lipinski definition) is 2. The van der Waals surface area contributed by atoms with Crippen LogP contribution in [-0.4, -0.2) is 10.1 Å². The van der Waals surface area contributed by atoms with Crippen LogP contribution in [0.2, 0.25) is 0 Å². The molecular weight excluding hydrogens is 289 g/mol. The van der Waals surface area contributed by atoms with Gasteiger partial charge in [-0.25, -0.2) is 0 Å². The van der Waals surface area contributed by atoms with E-state index < -0.39 is 0 Å². The summed E-state index contributed by atoms with van der Waals surface area (Å²) in [6.07, 6.45) is 1.67. The van der Waals surface area contributed by atoms with Crippen molar-refractivity contribution < 1.29 is 40.7 Å². The summed E-state index contributed by atoms with van der Waals surface area (Å²) >= 11 is 0. The molecule has 0 atom stereocenters. The van der Waals surface area contributed by atoms with Crippen molar-refractivity contribution in [2.24, 2.45) is 0 Å². The summed E-state index contributed by atoms with van der Waals surface area (Å²) in [6, 6.07) is 9.13. The number of aromatic nitrogens is 1. The van der Waals surface area contributed by atoms with Gasteiger partial charge in [-0.1, -0.05) is 18.2 Å². The standard InChI is InChI=1S/C9H7NO.CH3.La/c11-8-5-1-3-7-4-2-6-10-9(7)8;;/h1-6,11H;1H3;/q;-1;. The molecule has 1 aromatic carbocycles. The molecule has 0 amide bonds. The first-order valence-electron chi connectivity index (χ1n) is 3.40. The fourth-order valence-corrected chi connectivity index (χ4v) is 1.09. The second-order valence-electron chi connectivity index (χ2n) is 2.35. The van der Waals surface area contributed by atoms with Gasteiger partial charge < -0.3 is 12.5 Å². The van der Waals surface area contributed by atoms with Gasteiger partial charge in [-0.2, -0.15) is 0 Å². The zero-order valence-electron chi connectivity index (χ0n) is 7.44. The van der Waals surface area contributed by atoms with E-state index in [0.29, 0.717) is 5.52 Å². The van der Waals surface area contributed by atoms with Crippen molar-refractivity contribution in [2.75, 3.05) is 0 Å². The number of nitrogens with zero attached hydrogens (tertiary/aromatic N) is 1. The van der Waals surface area contributed by atoms with E-state index in [-0.39, 0.29) is 48.8 Å². The van der Waals surface area contributed by atoms with Crippen LogP contribution in [0.15, 0.2) is 36.5 Å². The zero-order valence-corrected chi connectivity index (χ0v) is 11.1. The predicted octanol–water partition coefficient (Wildman–Crippen LogP) is 2.39. The number of aromatic hydroxyl groups is 1. The Hall–Kier alpha value is -0.375. The molecule has 2 aromatic rings. The van der Waals surface area contributed by atoms with Gasteiger partial charge in [-0.05, 0) is 12.1 Å². The number of rotatable bonds is 0. The van der Waals surface area contributed by atoms with Gasteiger partial charge in [0.05, 0.1) is 0 Å². The van der Waals surface area contributed by atoms with Gasteiger partial charge in [0.15, 0.2) is 0 Å². The maximum atomic E-state index is 9.31. The number of phenolic OH excluding ortho intramolecular Hbond substituents is 1. The summed E-state index contributed by atoms with van der Waals surface area (Å²) in [6.45, 7) is 0.